The summed E-state index contributed by atoms with van der Waals surface area (Å²) in [5.74, 6) is 0.890. The van der Waals surface area contributed by atoms with E-state index in [4.69, 9.17) is 11.6 Å². The van der Waals surface area contributed by atoms with Crippen LogP contribution in [-0.4, -0.2) is 23.4 Å². The molecule has 1 saturated heterocycles. The number of nitrogens with zero attached hydrogens (tertiary/aromatic N) is 1. The molecule has 0 bridgehead atoms. The quantitative estimate of drug-likeness (QED) is 0.620. The lowest BCUT2D eigenvalue weighted by molar-refractivity contribution is 0.0390. The van der Waals surface area contributed by atoms with Crippen molar-refractivity contribution in [2.75, 3.05) is 6.54 Å². The van der Waals surface area contributed by atoms with E-state index in [1.54, 1.807) is 0 Å². The van der Waals surface area contributed by atoms with Gasteiger partial charge >= 0.3 is 0 Å². The van der Waals surface area contributed by atoms with Gasteiger partial charge in [-0.1, -0.05) is 24.4 Å². The van der Waals surface area contributed by atoms with E-state index in [1.807, 2.05) is 18.2 Å². The first-order valence-electron chi connectivity index (χ1n) is 7.43. The van der Waals surface area contributed by atoms with Gasteiger partial charge in [-0.2, -0.15) is 0 Å². The number of likely N-dealkylation sites (tertiary alicyclic amines) is 1. The number of carbonyl (C=O) groups excluding carboxylic acids is 1. The summed E-state index contributed by atoms with van der Waals surface area (Å²) in [6.45, 7) is 0.906. The van der Waals surface area contributed by atoms with Gasteiger partial charge < -0.3 is 4.90 Å². The predicted molar refractivity (Wildman–Crippen MR) is 90.2 cm³/mol. The van der Waals surface area contributed by atoms with Crippen LogP contribution in [0.2, 0.25) is 5.02 Å². The summed E-state index contributed by atoms with van der Waals surface area (Å²) >= 11 is 8.35. The monoisotopic (exact) mass is 403 g/mol. The second-order valence-electron chi connectivity index (χ2n) is 5.88. The maximum atomic E-state index is 12.8. The van der Waals surface area contributed by atoms with E-state index in [2.05, 4.69) is 27.5 Å². The van der Waals surface area contributed by atoms with Gasteiger partial charge in [-0.15, -0.1) is 0 Å². The highest BCUT2D eigenvalue weighted by Gasteiger charge is 2.35. The fraction of sp³-hybridized carbons (Fsp3) is 0.562. The van der Waals surface area contributed by atoms with Gasteiger partial charge in [-0.05, 0) is 72.4 Å². The number of amides is 1. The van der Waals surface area contributed by atoms with Crippen molar-refractivity contribution in [2.24, 2.45) is 5.92 Å². The molecule has 0 spiro atoms. The van der Waals surface area contributed by atoms with Gasteiger partial charge in [0.1, 0.15) is 0 Å². The summed E-state index contributed by atoms with van der Waals surface area (Å²) in [5.41, 5.74) is 0.738. The van der Waals surface area contributed by atoms with Crippen molar-refractivity contribution in [3.05, 3.63) is 32.4 Å². The zero-order valence-electron chi connectivity index (χ0n) is 11.4. The van der Waals surface area contributed by atoms with E-state index in [-0.39, 0.29) is 5.91 Å². The van der Waals surface area contributed by atoms with Crippen LogP contribution in [0.5, 0.6) is 0 Å². The third-order valence-corrected chi connectivity index (χ3v) is 6.24. The molecule has 1 aliphatic heterocycles. The zero-order chi connectivity index (χ0) is 14.1. The third-order valence-electron chi connectivity index (χ3n) is 4.67. The SMILES string of the molecule is O=C(c1ccc(I)c(Cl)c1)N1CCCC2CCCCC21. The molecule has 2 atom stereocenters. The normalized spacial score (nSPS) is 26.2. The standard InChI is InChI=1S/C16H19ClINO/c17-13-10-12(7-8-14(13)18)16(20)19-9-3-5-11-4-1-2-6-15(11)19/h7-8,10-11,15H,1-6,9H2. The number of benzene rings is 1. The van der Waals surface area contributed by atoms with Crippen LogP contribution in [0, 0.1) is 9.49 Å². The van der Waals surface area contributed by atoms with Gasteiger partial charge in [0.05, 0.1) is 5.02 Å². The molecule has 1 aromatic carbocycles. The van der Waals surface area contributed by atoms with Crippen LogP contribution in [0.1, 0.15) is 48.9 Å². The van der Waals surface area contributed by atoms with Crippen molar-refractivity contribution in [2.45, 2.75) is 44.6 Å². The highest BCUT2D eigenvalue weighted by molar-refractivity contribution is 14.1. The molecule has 2 nitrogen and oxygen atoms in total. The number of carbonyl (C=O) groups is 1. The largest absolute Gasteiger partial charge is 0.335 e. The Morgan fingerprint density at radius 3 is 2.75 bits per heavy atom. The lowest BCUT2D eigenvalue weighted by Gasteiger charge is -2.44. The summed E-state index contributed by atoms with van der Waals surface area (Å²) in [5, 5.41) is 0.675. The smallest absolute Gasteiger partial charge is 0.254 e. The molecule has 108 valence electrons. The summed E-state index contributed by atoms with van der Waals surface area (Å²) < 4.78 is 0.995. The molecule has 4 heteroatoms. The molecular weight excluding hydrogens is 385 g/mol. The molecular formula is C16H19ClINO. The molecule has 1 saturated carbocycles. The molecule has 20 heavy (non-hydrogen) atoms. The maximum Gasteiger partial charge on any atom is 0.254 e. The van der Waals surface area contributed by atoms with E-state index >= 15 is 0 Å². The fourth-order valence-corrected chi connectivity index (χ4v) is 4.19. The molecule has 0 N–H and O–H groups in total. The Labute approximate surface area is 139 Å². The Bertz CT molecular complexity index is 517. The van der Waals surface area contributed by atoms with Crippen molar-refractivity contribution in [1.82, 2.24) is 4.90 Å². The minimum atomic E-state index is 0.167. The molecule has 2 aliphatic rings. The fourth-order valence-electron chi connectivity index (χ4n) is 3.67. The Kier molecular flexibility index (Phi) is 4.55. The highest BCUT2D eigenvalue weighted by Crippen LogP contribution is 2.36. The molecule has 1 amide bonds. The van der Waals surface area contributed by atoms with Crippen LogP contribution < -0.4 is 0 Å². The second kappa shape index (κ2) is 6.22. The maximum absolute atomic E-state index is 12.8. The molecule has 1 aliphatic carbocycles. The first-order chi connectivity index (χ1) is 9.66. The van der Waals surface area contributed by atoms with Crippen molar-refractivity contribution in [1.29, 1.82) is 0 Å². The average molecular weight is 404 g/mol. The van der Waals surface area contributed by atoms with Crippen molar-refractivity contribution in [3.63, 3.8) is 0 Å². The molecule has 0 radical (unpaired) electrons. The van der Waals surface area contributed by atoms with Crippen LogP contribution in [-0.2, 0) is 0 Å². The lowest BCUT2D eigenvalue weighted by Crippen LogP contribution is -2.49. The lowest BCUT2D eigenvalue weighted by atomic mass is 9.78. The Balaban J connectivity index is 1.83. The first-order valence-corrected chi connectivity index (χ1v) is 8.88. The average Bonchev–Trinajstić information content (AvgIpc) is 2.49. The second-order valence-corrected chi connectivity index (χ2v) is 7.45. The molecule has 0 aromatic heterocycles. The van der Waals surface area contributed by atoms with Crippen LogP contribution in [0.25, 0.3) is 0 Å². The summed E-state index contributed by atoms with van der Waals surface area (Å²) in [4.78, 5) is 14.9. The number of hydrogen-bond acceptors (Lipinski definition) is 1. The Morgan fingerprint density at radius 2 is 1.95 bits per heavy atom. The number of rotatable bonds is 1. The van der Waals surface area contributed by atoms with Gasteiger partial charge in [0.25, 0.3) is 5.91 Å². The van der Waals surface area contributed by atoms with E-state index in [1.165, 1.54) is 32.1 Å². The Hall–Kier alpha value is -0.290. The minimum absolute atomic E-state index is 0.167. The van der Waals surface area contributed by atoms with Crippen molar-refractivity contribution in [3.8, 4) is 0 Å². The van der Waals surface area contributed by atoms with Gasteiger partial charge in [0.2, 0.25) is 0 Å². The van der Waals surface area contributed by atoms with Gasteiger partial charge in [0.15, 0.2) is 0 Å². The van der Waals surface area contributed by atoms with Gasteiger partial charge in [0, 0.05) is 21.7 Å². The summed E-state index contributed by atoms with van der Waals surface area (Å²) in [7, 11) is 0. The Morgan fingerprint density at radius 1 is 1.20 bits per heavy atom. The number of halogens is 2. The van der Waals surface area contributed by atoms with Crippen molar-refractivity contribution < 1.29 is 4.79 Å². The van der Waals surface area contributed by atoms with Crippen LogP contribution in [0.15, 0.2) is 18.2 Å². The van der Waals surface area contributed by atoms with Gasteiger partial charge in [-0.3, -0.25) is 4.79 Å². The molecule has 2 unspecified atom stereocenters. The zero-order valence-corrected chi connectivity index (χ0v) is 14.4. The molecule has 3 rings (SSSR count). The topological polar surface area (TPSA) is 20.3 Å². The van der Waals surface area contributed by atoms with E-state index in [9.17, 15) is 4.79 Å². The summed E-state index contributed by atoms with van der Waals surface area (Å²) in [6.07, 6.45) is 7.50. The minimum Gasteiger partial charge on any atom is -0.335 e. The number of fused-ring (bicyclic) bond motifs is 1. The predicted octanol–water partition coefficient (Wildman–Crippen LogP) is 4.74. The molecule has 1 heterocycles. The van der Waals surface area contributed by atoms with Crippen LogP contribution in [0.3, 0.4) is 0 Å². The first kappa shape index (κ1) is 14.6. The van der Waals surface area contributed by atoms with E-state index < -0.39 is 0 Å². The molecule has 2 fully saturated rings. The van der Waals surface area contributed by atoms with Crippen LogP contribution >= 0.6 is 34.2 Å². The van der Waals surface area contributed by atoms with Crippen LogP contribution in [0.4, 0.5) is 0 Å². The molecule has 1 aromatic rings. The third kappa shape index (κ3) is 2.84. The van der Waals surface area contributed by atoms with E-state index in [0.29, 0.717) is 11.1 Å². The van der Waals surface area contributed by atoms with Gasteiger partial charge in [-0.25, -0.2) is 0 Å². The number of piperidine rings is 1. The number of hydrogen-bond donors (Lipinski definition) is 0. The summed E-state index contributed by atoms with van der Waals surface area (Å²) in [6, 6.07) is 6.11. The van der Waals surface area contributed by atoms with Crippen molar-refractivity contribution >= 4 is 40.1 Å². The highest BCUT2D eigenvalue weighted by atomic mass is 127. The van der Waals surface area contributed by atoms with E-state index in [0.717, 1.165) is 28.0 Å².